The van der Waals surface area contributed by atoms with E-state index in [1.165, 1.54) is 0 Å². The molecule has 0 fully saturated rings. The van der Waals surface area contributed by atoms with Gasteiger partial charge < -0.3 is 5.73 Å². The van der Waals surface area contributed by atoms with Crippen molar-refractivity contribution < 1.29 is 39.9 Å². The first kappa shape index (κ1) is 22.8. The molecule has 0 saturated carbocycles. The number of nitrogens with zero attached hydrogens (tertiary/aromatic N) is 4. The number of rotatable bonds is 4. The van der Waals surface area contributed by atoms with E-state index in [4.69, 9.17) is 5.73 Å². The molecule has 2 aromatic heterocycles. The summed E-state index contributed by atoms with van der Waals surface area (Å²) in [6, 6.07) is 2.36. The van der Waals surface area contributed by atoms with E-state index >= 15 is 0 Å². The first-order chi connectivity index (χ1) is 14.8. The van der Waals surface area contributed by atoms with Crippen molar-refractivity contribution in [2.45, 2.75) is 12.4 Å². The molecule has 0 aliphatic heterocycles. The fourth-order valence-electron chi connectivity index (χ4n) is 2.56. The minimum atomic E-state index is -5.08. The van der Waals surface area contributed by atoms with Gasteiger partial charge in [0, 0.05) is 17.3 Å². The molecule has 0 aliphatic rings. The van der Waals surface area contributed by atoms with E-state index in [1.807, 2.05) is 0 Å². The maximum absolute atomic E-state index is 13.9. The molecule has 0 radical (unpaired) electrons. The molecule has 0 bridgehead atoms. The van der Waals surface area contributed by atoms with Crippen molar-refractivity contribution in [3.8, 4) is 11.4 Å². The molecule has 0 saturated heterocycles. The number of primary amides is 1. The second-order valence-corrected chi connectivity index (χ2v) is 6.22. The van der Waals surface area contributed by atoms with Crippen molar-refractivity contribution in [2.24, 2.45) is 5.73 Å². The number of amides is 1. The number of hydrogen-bond donors (Lipinski definition) is 1. The molecule has 0 atom stereocenters. The molecule has 6 nitrogen and oxygen atoms in total. The smallest absolute Gasteiger partial charge is 0.366 e. The molecule has 0 aliphatic carbocycles. The fraction of sp³-hybridized carbons (Fsp3) is 0.111. The van der Waals surface area contributed by atoms with Gasteiger partial charge in [-0.25, -0.2) is 9.67 Å². The lowest BCUT2D eigenvalue weighted by atomic mass is 10.0. The topological polar surface area (TPSA) is 86.7 Å². The summed E-state index contributed by atoms with van der Waals surface area (Å²) in [5.74, 6) is -4.32. The summed E-state index contributed by atoms with van der Waals surface area (Å²) in [6.45, 7) is 0. The number of aromatic nitrogens is 4. The molecule has 0 spiro atoms. The Labute approximate surface area is 173 Å². The zero-order valence-corrected chi connectivity index (χ0v) is 15.3. The summed E-state index contributed by atoms with van der Waals surface area (Å²) >= 11 is 0. The van der Waals surface area contributed by atoms with Gasteiger partial charge in [0.05, 0.1) is 16.7 Å². The summed E-state index contributed by atoms with van der Waals surface area (Å²) in [5.41, 5.74) is 0.317. The molecule has 3 aromatic rings. The Hall–Kier alpha value is -3.84. The number of alkyl halides is 6. The number of nitrogens with two attached hydrogens (primary N) is 1. The van der Waals surface area contributed by atoms with E-state index in [9.17, 15) is 39.9 Å². The Morgan fingerprint density at radius 2 is 1.56 bits per heavy atom. The van der Waals surface area contributed by atoms with E-state index in [0.717, 1.165) is 24.7 Å². The first-order valence-electron chi connectivity index (χ1n) is 8.31. The molecule has 3 rings (SSSR count). The zero-order valence-electron chi connectivity index (χ0n) is 15.3. The van der Waals surface area contributed by atoms with E-state index < -0.39 is 63.8 Å². The number of carbonyl (C=O) groups excluding carboxylic acids is 1. The van der Waals surface area contributed by atoms with Crippen LogP contribution in [-0.2, 0) is 17.1 Å². The second-order valence-electron chi connectivity index (χ2n) is 6.22. The molecule has 1 aromatic carbocycles. The van der Waals surface area contributed by atoms with Crippen LogP contribution in [0.4, 0.5) is 35.1 Å². The number of hydrogen-bond acceptors (Lipinski definition) is 4. The quantitative estimate of drug-likeness (QED) is 0.358. The van der Waals surface area contributed by atoms with Crippen molar-refractivity contribution in [3.63, 3.8) is 0 Å². The van der Waals surface area contributed by atoms with Crippen molar-refractivity contribution in [1.82, 2.24) is 19.7 Å². The van der Waals surface area contributed by atoms with Crippen LogP contribution in [-0.4, -0.2) is 25.7 Å². The van der Waals surface area contributed by atoms with Crippen LogP contribution in [0.25, 0.3) is 23.2 Å². The highest BCUT2D eigenvalue weighted by atomic mass is 19.4. The molecular weight excluding hydrogens is 454 g/mol. The van der Waals surface area contributed by atoms with Gasteiger partial charge in [-0.1, -0.05) is 0 Å². The van der Waals surface area contributed by atoms with Gasteiger partial charge in [-0.3, -0.25) is 4.79 Å². The fourth-order valence-corrected chi connectivity index (χ4v) is 2.56. The monoisotopic (exact) mass is 463 g/mol. The normalized spacial score (nSPS) is 12.8. The first-order valence-corrected chi connectivity index (χ1v) is 8.31. The Bertz CT molecular complexity index is 1180. The highest BCUT2D eigenvalue weighted by Crippen LogP contribution is 2.38. The lowest BCUT2D eigenvalue weighted by Gasteiger charge is -2.13. The van der Waals surface area contributed by atoms with Gasteiger partial charge in [0.15, 0.2) is 5.82 Å². The van der Waals surface area contributed by atoms with Crippen LogP contribution < -0.4 is 5.73 Å². The highest BCUT2D eigenvalue weighted by Gasteiger charge is 2.37. The Morgan fingerprint density at radius 3 is 2.06 bits per heavy atom. The van der Waals surface area contributed by atoms with Gasteiger partial charge in [0.25, 0.3) is 5.91 Å². The Morgan fingerprint density at radius 1 is 0.969 bits per heavy atom. The van der Waals surface area contributed by atoms with Gasteiger partial charge in [0.1, 0.15) is 6.33 Å². The van der Waals surface area contributed by atoms with Crippen LogP contribution >= 0.6 is 0 Å². The van der Waals surface area contributed by atoms with E-state index in [1.54, 1.807) is 0 Å². The maximum atomic E-state index is 13.9. The van der Waals surface area contributed by atoms with Crippen LogP contribution in [0, 0.1) is 11.9 Å². The molecule has 2 N–H and O–H groups in total. The van der Waals surface area contributed by atoms with E-state index in [2.05, 4.69) is 15.1 Å². The molecule has 1 amide bonds. The summed E-state index contributed by atoms with van der Waals surface area (Å²) < 4.78 is 106. The molecular formula is C18H9F8N5O. The molecule has 0 unspecified atom stereocenters. The van der Waals surface area contributed by atoms with E-state index in [0.29, 0.717) is 16.8 Å². The highest BCUT2D eigenvalue weighted by molar-refractivity contribution is 6.22. The summed E-state index contributed by atoms with van der Waals surface area (Å²) in [7, 11) is 0. The summed E-state index contributed by atoms with van der Waals surface area (Å²) in [4.78, 5) is 18.2. The maximum Gasteiger partial charge on any atom is 0.416 e. The van der Waals surface area contributed by atoms with Crippen LogP contribution in [0.1, 0.15) is 16.7 Å². The third kappa shape index (κ3) is 4.90. The van der Waals surface area contributed by atoms with Gasteiger partial charge in [-0.15, -0.1) is 5.10 Å². The minimum Gasteiger partial charge on any atom is -0.366 e. The van der Waals surface area contributed by atoms with Crippen molar-refractivity contribution >= 4 is 17.7 Å². The number of benzene rings is 1. The average molecular weight is 463 g/mol. The third-order valence-electron chi connectivity index (χ3n) is 3.99. The average Bonchev–Trinajstić information content (AvgIpc) is 3.13. The van der Waals surface area contributed by atoms with Crippen molar-refractivity contribution in [2.75, 3.05) is 0 Å². The van der Waals surface area contributed by atoms with Gasteiger partial charge in [0.2, 0.25) is 11.9 Å². The lowest BCUT2D eigenvalue weighted by Crippen LogP contribution is -2.15. The molecule has 168 valence electrons. The molecule has 32 heavy (non-hydrogen) atoms. The second kappa shape index (κ2) is 8.01. The molecule has 14 heteroatoms. The Balaban J connectivity index is 2.08. The standard InChI is InChI=1S/C18H9F8N5O/c19-13-2-1-11(14(20)29-13)12(15(27)32)6-31-7-28-16(30-31)8-3-9(17(21,22)23)5-10(4-8)18(24,25)26/h1-7H,(H2,27,32). The minimum absolute atomic E-state index is 0.0596. The van der Waals surface area contributed by atoms with Crippen molar-refractivity contribution in [3.05, 3.63) is 65.2 Å². The SMILES string of the molecule is NC(=O)C(=Cn1cnc(-c2cc(C(F)(F)F)cc(C(F)(F)F)c2)n1)c1ccc(F)nc1F. The summed E-state index contributed by atoms with van der Waals surface area (Å²) in [6.07, 6.45) is -8.52. The number of carbonyl (C=O) groups is 1. The zero-order chi connectivity index (χ0) is 23.8. The van der Waals surface area contributed by atoms with Crippen LogP contribution in [0.3, 0.4) is 0 Å². The lowest BCUT2D eigenvalue weighted by molar-refractivity contribution is -0.143. The summed E-state index contributed by atoms with van der Waals surface area (Å²) in [5, 5.41) is 3.69. The largest absolute Gasteiger partial charge is 0.416 e. The van der Waals surface area contributed by atoms with Crippen LogP contribution in [0.5, 0.6) is 0 Å². The van der Waals surface area contributed by atoms with Crippen LogP contribution in [0.15, 0.2) is 36.7 Å². The van der Waals surface area contributed by atoms with E-state index in [-0.39, 0.29) is 6.07 Å². The third-order valence-corrected chi connectivity index (χ3v) is 3.99. The van der Waals surface area contributed by atoms with Gasteiger partial charge >= 0.3 is 12.4 Å². The predicted octanol–water partition coefficient (Wildman–Crippen LogP) is 4.14. The molecule has 2 heterocycles. The predicted molar refractivity (Wildman–Crippen MR) is 93.0 cm³/mol. The van der Waals surface area contributed by atoms with Gasteiger partial charge in [-0.05, 0) is 30.3 Å². The van der Waals surface area contributed by atoms with Crippen molar-refractivity contribution in [1.29, 1.82) is 0 Å². The Kier molecular flexibility index (Phi) is 5.72. The number of halogens is 8. The van der Waals surface area contributed by atoms with Gasteiger partial charge in [-0.2, -0.15) is 40.1 Å². The number of pyridine rings is 1. The van der Waals surface area contributed by atoms with Crippen LogP contribution in [0.2, 0.25) is 0 Å².